The summed E-state index contributed by atoms with van der Waals surface area (Å²) in [7, 11) is 0. The number of nitrogens with zero attached hydrogens (tertiary/aromatic N) is 1. The van der Waals surface area contributed by atoms with Gasteiger partial charge in [-0.25, -0.2) is 0 Å². The van der Waals surface area contributed by atoms with Crippen molar-refractivity contribution in [3.05, 3.63) is 99.0 Å². The molecule has 5 nitrogen and oxygen atoms in total. The lowest BCUT2D eigenvalue weighted by Gasteiger charge is -2.24. The van der Waals surface area contributed by atoms with Gasteiger partial charge in [-0.05, 0) is 72.4 Å². The Morgan fingerprint density at radius 1 is 0.917 bits per heavy atom. The first kappa shape index (κ1) is 26.1. The normalized spacial score (nSPS) is 16.3. The van der Waals surface area contributed by atoms with Crippen molar-refractivity contribution in [2.75, 3.05) is 13.1 Å². The molecule has 7 heteroatoms. The number of rotatable bonds is 10. The summed E-state index contributed by atoms with van der Waals surface area (Å²) in [5.41, 5.74) is 3.99. The van der Waals surface area contributed by atoms with Crippen LogP contribution < -0.4 is 4.74 Å². The molecule has 36 heavy (non-hydrogen) atoms. The number of carboxylic acid groups (broad SMARTS) is 1. The number of hydrogen-bond acceptors (Lipinski definition) is 3. The van der Waals surface area contributed by atoms with Gasteiger partial charge in [-0.15, -0.1) is 0 Å². The van der Waals surface area contributed by atoms with Gasteiger partial charge < -0.3 is 14.7 Å². The predicted molar refractivity (Wildman–Crippen MR) is 142 cm³/mol. The third kappa shape index (κ3) is 7.02. The fourth-order valence-corrected chi connectivity index (χ4v) is 4.89. The SMILES string of the molecule is C[C@@]1(Cc2ccc(Cl)cc2)Cc2cc(CCC(=O)N(CCc3ccc(Cl)cc3)CC(=O)O)ccc2O1. The van der Waals surface area contributed by atoms with Crippen LogP contribution in [0.5, 0.6) is 5.75 Å². The molecule has 0 spiro atoms. The van der Waals surface area contributed by atoms with Gasteiger partial charge in [0.15, 0.2) is 0 Å². The quantitative estimate of drug-likeness (QED) is 0.351. The van der Waals surface area contributed by atoms with E-state index < -0.39 is 5.97 Å². The molecule has 1 atom stereocenters. The Bertz CT molecular complexity index is 1230. The highest BCUT2D eigenvalue weighted by Gasteiger charge is 2.35. The first-order chi connectivity index (χ1) is 17.2. The Morgan fingerprint density at radius 2 is 1.53 bits per heavy atom. The van der Waals surface area contributed by atoms with Crippen molar-refractivity contribution in [3.63, 3.8) is 0 Å². The number of carbonyl (C=O) groups excluding carboxylic acids is 1. The first-order valence-corrected chi connectivity index (χ1v) is 12.7. The summed E-state index contributed by atoms with van der Waals surface area (Å²) in [4.78, 5) is 25.7. The van der Waals surface area contributed by atoms with Crippen LogP contribution in [0.25, 0.3) is 0 Å². The number of halogens is 2. The zero-order valence-electron chi connectivity index (χ0n) is 20.2. The van der Waals surface area contributed by atoms with Crippen molar-refractivity contribution >= 4 is 35.1 Å². The number of aryl methyl sites for hydroxylation is 1. The maximum atomic E-state index is 12.9. The number of carbonyl (C=O) groups is 2. The maximum absolute atomic E-state index is 12.9. The molecule has 0 bridgehead atoms. The second kappa shape index (κ2) is 11.4. The number of carboxylic acids is 1. The number of ether oxygens (including phenoxy) is 1. The third-order valence-corrected chi connectivity index (χ3v) is 6.93. The topological polar surface area (TPSA) is 66.8 Å². The molecule has 0 radical (unpaired) electrons. The summed E-state index contributed by atoms with van der Waals surface area (Å²) in [6.07, 6.45) is 2.90. The average molecular weight is 526 g/mol. The lowest BCUT2D eigenvalue weighted by atomic mass is 9.91. The molecule has 188 valence electrons. The highest BCUT2D eigenvalue weighted by atomic mass is 35.5. The fourth-order valence-electron chi connectivity index (χ4n) is 4.64. The molecule has 0 saturated carbocycles. The predicted octanol–water partition coefficient (Wildman–Crippen LogP) is 6.02. The van der Waals surface area contributed by atoms with Crippen LogP contribution in [0.4, 0.5) is 0 Å². The van der Waals surface area contributed by atoms with E-state index in [-0.39, 0.29) is 24.5 Å². The van der Waals surface area contributed by atoms with E-state index in [1.54, 1.807) is 12.1 Å². The lowest BCUT2D eigenvalue weighted by Crippen LogP contribution is -2.37. The Labute approximate surface area is 221 Å². The van der Waals surface area contributed by atoms with Crippen molar-refractivity contribution in [2.24, 2.45) is 0 Å². The zero-order chi connectivity index (χ0) is 25.7. The summed E-state index contributed by atoms with van der Waals surface area (Å²) >= 11 is 11.9. The molecule has 0 saturated heterocycles. The summed E-state index contributed by atoms with van der Waals surface area (Å²) in [5.74, 6) is -0.318. The first-order valence-electron chi connectivity index (χ1n) is 12.0. The molecule has 0 fully saturated rings. The molecule has 3 aromatic rings. The van der Waals surface area contributed by atoms with Gasteiger partial charge in [0.05, 0.1) is 0 Å². The molecule has 1 amide bonds. The van der Waals surface area contributed by atoms with Crippen molar-refractivity contribution in [1.82, 2.24) is 4.90 Å². The number of amides is 1. The van der Waals surface area contributed by atoms with Gasteiger partial charge in [0.1, 0.15) is 17.9 Å². The molecular formula is C29H29Cl2NO4. The van der Waals surface area contributed by atoms with E-state index in [4.69, 9.17) is 27.9 Å². The molecule has 0 aliphatic carbocycles. The van der Waals surface area contributed by atoms with Crippen LogP contribution in [0.2, 0.25) is 10.0 Å². The van der Waals surface area contributed by atoms with E-state index in [0.29, 0.717) is 29.4 Å². The van der Waals surface area contributed by atoms with Gasteiger partial charge >= 0.3 is 5.97 Å². The molecule has 1 heterocycles. The van der Waals surface area contributed by atoms with E-state index in [1.165, 1.54) is 4.90 Å². The fraction of sp³-hybridized carbons (Fsp3) is 0.310. The van der Waals surface area contributed by atoms with Crippen LogP contribution in [0.15, 0.2) is 66.7 Å². The zero-order valence-corrected chi connectivity index (χ0v) is 21.7. The van der Waals surface area contributed by atoms with Gasteiger partial charge in [0.25, 0.3) is 0 Å². The lowest BCUT2D eigenvalue weighted by molar-refractivity contribution is -0.144. The Balaban J connectivity index is 1.35. The molecule has 1 aliphatic heterocycles. The van der Waals surface area contributed by atoms with E-state index in [1.807, 2.05) is 48.5 Å². The Morgan fingerprint density at radius 3 is 2.17 bits per heavy atom. The third-order valence-electron chi connectivity index (χ3n) is 6.43. The van der Waals surface area contributed by atoms with Gasteiger partial charge in [0, 0.05) is 35.9 Å². The van der Waals surface area contributed by atoms with Crippen LogP contribution >= 0.6 is 23.2 Å². The molecule has 1 aliphatic rings. The number of hydrogen-bond donors (Lipinski definition) is 1. The van der Waals surface area contributed by atoms with Crippen molar-refractivity contribution < 1.29 is 19.4 Å². The number of fused-ring (bicyclic) bond motifs is 1. The summed E-state index contributed by atoms with van der Waals surface area (Å²) in [5, 5.41) is 10.6. The Hall–Kier alpha value is -3.02. The van der Waals surface area contributed by atoms with E-state index in [0.717, 1.165) is 40.8 Å². The van der Waals surface area contributed by atoms with Crippen molar-refractivity contribution in [1.29, 1.82) is 0 Å². The minimum Gasteiger partial charge on any atom is -0.487 e. The molecule has 1 N–H and O–H groups in total. The second-order valence-corrected chi connectivity index (χ2v) is 10.4. The van der Waals surface area contributed by atoms with Crippen LogP contribution in [0.3, 0.4) is 0 Å². The van der Waals surface area contributed by atoms with E-state index in [9.17, 15) is 14.7 Å². The standard InChI is InChI=1S/C29H29Cl2NO4/c1-29(17-22-4-10-25(31)11-5-22)18-23-16-21(6-12-26(23)36-29)7-13-27(33)32(19-28(34)35)15-14-20-2-8-24(30)9-3-20/h2-6,8-12,16H,7,13-15,17-19H2,1H3,(H,34,35)/t29-/m1/s1. The van der Waals surface area contributed by atoms with Crippen LogP contribution in [-0.2, 0) is 35.3 Å². The minimum absolute atomic E-state index is 0.171. The van der Waals surface area contributed by atoms with Crippen molar-refractivity contribution in [2.45, 2.75) is 44.6 Å². The molecule has 0 unspecified atom stereocenters. The largest absolute Gasteiger partial charge is 0.487 e. The van der Waals surface area contributed by atoms with Crippen LogP contribution in [0.1, 0.15) is 35.6 Å². The van der Waals surface area contributed by atoms with Crippen molar-refractivity contribution in [3.8, 4) is 5.75 Å². The monoisotopic (exact) mass is 525 g/mol. The molecule has 3 aromatic carbocycles. The maximum Gasteiger partial charge on any atom is 0.323 e. The highest BCUT2D eigenvalue weighted by Crippen LogP contribution is 2.37. The van der Waals surface area contributed by atoms with Crippen LogP contribution in [-0.4, -0.2) is 40.6 Å². The van der Waals surface area contributed by atoms with E-state index in [2.05, 4.69) is 13.0 Å². The van der Waals surface area contributed by atoms with Gasteiger partial charge in [0.2, 0.25) is 5.91 Å². The summed E-state index contributed by atoms with van der Waals surface area (Å²) < 4.78 is 6.29. The van der Waals surface area contributed by atoms with Gasteiger partial charge in [-0.3, -0.25) is 9.59 Å². The van der Waals surface area contributed by atoms with Gasteiger partial charge in [-0.1, -0.05) is 59.6 Å². The minimum atomic E-state index is -1.02. The number of benzene rings is 3. The van der Waals surface area contributed by atoms with Crippen LogP contribution in [0, 0.1) is 0 Å². The van der Waals surface area contributed by atoms with Gasteiger partial charge in [-0.2, -0.15) is 0 Å². The summed E-state index contributed by atoms with van der Waals surface area (Å²) in [6, 6.07) is 21.2. The van der Waals surface area contributed by atoms with E-state index >= 15 is 0 Å². The molecule has 0 aromatic heterocycles. The number of aliphatic carboxylic acids is 1. The molecular weight excluding hydrogens is 497 g/mol. The molecule has 4 rings (SSSR count). The summed E-state index contributed by atoms with van der Waals surface area (Å²) in [6.45, 7) is 2.14. The smallest absolute Gasteiger partial charge is 0.323 e. The highest BCUT2D eigenvalue weighted by molar-refractivity contribution is 6.30. The average Bonchev–Trinajstić information content (AvgIpc) is 3.17. The second-order valence-electron chi connectivity index (χ2n) is 9.56. The Kier molecular flexibility index (Phi) is 8.22.